The normalized spacial score (nSPS) is 17.1. The van der Waals surface area contributed by atoms with E-state index in [1.54, 1.807) is 63.5 Å². The fourth-order valence-electron chi connectivity index (χ4n) is 4.42. The molecule has 0 fully saturated rings. The number of para-hydroxylation sites is 1. The van der Waals surface area contributed by atoms with Gasteiger partial charge in [-0.25, -0.2) is 9.59 Å². The highest BCUT2D eigenvalue weighted by molar-refractivity contribution is 5.89. The minimum Gasteiger partial charge on any atom is -0.497 e. The van der Waals surface area contributed by atoms with Crippen LogP contribution in [0.4, 0.5) is 0 Å². The van der Waals surface area contributed by atoms with Crippen LogP contribution in [0.15, 0.2) is 62.5 Å². The Balaban J connectivity index is 1.80. The molecule has 4 aromatic rings. The van der Waals surface area contributed by atoms with Crippen molar-refractivity contribution >= 4 is 27.8 Å². The van der Waals surface area contributed by atoms with E-state index in [1.165, 1.54) is 4.57 Å². The molecule has 2 aromatic heterocycles. The van der Waals surface area contributed by atoms with Crippen molar-refractivity contribution in [3.05, 3.63) is 80.4 Å². The number of nitrogens with zero attached hydrogens (tertiary/aromatic N) is 1. The van der Waals surface area contributed by atoms with Crippen molar-refractivity contribution in [3.63, 3.8) is 0 Å². The number of methoxy groups -OCH3 is 1. The molecule has 8 heteroatoms. The van der Waals surface area contributed by atoms with Gasteiger partial charge in [-0.3, -0.25) is 4.79 Å². The molecule has 2 atom stereocenters. The lowest BCUT2D eigenvalue weighted by Gasteiger charge is -2.18. The number of fused-ring (bicyclic) bond motifs is 4. The Labute approximate surface area is 187 Å². The molecule has 8 nitrogen and oxygen atoms in total. The maximum absolute atomic E-state index is 13.5. The van der Waals surface area contributed by atoms with Crippen molar-refractivity contribution in [1.29, 1.82) is 0 Å². The molecular formula is C25H21NO7. The zero-order chi connectivity index (χ0) is 23.3. The van der Waals surface area contributed by atoms with Crippen LogP contribution in [0.5, 0.6) is 11.5 Å². The van der Waals surface area contributed by atoms with Crippen molar-refractivity contribution in [3.8, 4) is 11.5 Å². The zero-order valence-corrected chi connectivity index (χ0v) is 18.3. The number of hydrogen-bond donors (Lipinski definition) is 0. The van der Waals surface area contributed by atoms with Gasteiger partial charge < -0.3 is 23.2 Å². The molecule has 1 aliphatic rings. The molecule has 2 aromatic carbocycles. The van der Waals surface area contributed by atoms with Gasteiger partial charge in [0.15, 0.2) is 0 Å². The summed E-state index contributed by atoms with van der Waals surface area (Å²) in [5, 5.41) is 1.29. The fourth-order valence-corrected chi connectivity index (χ4v) is 4.42. The monoisotopic (exact) mass is 447 g/mol. The molecule has 0 saturated carbocycles. The summed E-state index contributed by atoms with van der Waals surface area (Å²) in [6.45, 7) is 1.81. The third-order valence-corrected chi connectivity index (χ3v) is 5.97. The lowest BCUT2D eigenvalue weighted by molar-refractivity contribution is -0.151. The number of benzene rings is 2. The van der Waals surface area contributed by atoms with Crippen LogP contribution in [0.1, 0.15) is 24.0 Å². The fraction of sp³-hybridized carbons (Fsp3) is 0.240. The summed E-state index contributed by atoms with van der Waals surface area (Å²) in [6, 6.07) is 13.9. The van der Waals surface area contributed by atoms with Gasteiger partial charge in [-0.1, -0.05) is 12.1 Å². The lowest BCUT2D eigenvalue weighted by Crippen LogP contribution is -2.36. The van der Waals surface area contributed by atoms with Gasteiger partial charge in [-0.2, -0.15) is 0 Å². The average molecular weight is 447 g/mol. The maximum Gasteiger partial charge on any atom is 0.348 e. The third-order valence-electron chi connectivity index (χ3n) is 5.97. The number of carbonyl (C=O) groups excluding carboxylic acids is 1. The quantitative estimate of drug-likeness (QED) is 0.350. The minimum absolute atomic E-state index is 0.132. The highest BCUT2D eigenvalue weighted by Gasteiger charge is 2.46. The molecule has 0 aliphatic carbocycles. The first kappa shape index (κ1) is 20.8. The van der Waals surface area contributed by atoms with E-state index in [-0.39, 0.29) is 29.0 Å². The molecular weight excluding hydrogens is 426 g/mol. The highest BCUT2D eigenvalue weighted by atomic mass is 16.6. The summed E-state index contributed by atoms with van der Waals surface area (Å²) in [7, 11) is 3.18. The number of aromatic nitrogens is 1. The van der Waals surface area contributed by atoms with Crippen molar-refractivity contribution < 1.29 is 23.4 Å². The van der Waals surface area contributed by atoms with E-state index >= 15 is 0 Å². The van der Waals surface area contributed by atoms with Crippen LogP contribution in [0.3, 0.4) is 0 Å². The van der Waals surface area contributed by atoms with E-state index in [1.807, 2.05) is 6.07 Å². The number of carbonyl (C=O) groups is 1. The number of pyridine rings is 1. The Kier molecular flexibility index (Phi) is 4.92. The highest BCUT2D eigenvalue weighted by Crippen LogP contribution is 2.44. The summed E-state index contributed by atoms with van der Waals surface area (Å²) in [5.41, 5.74) is 0.353. The van der Waals surface area contributed by atoms with Crippen LogP contribution >= 0.6 is 0 Å². The molecule has 168 valence electrons. The molecule has 3 heterocycles. The lowest BCUT2D eigenvalue weighted by atomic mass is 9.88. The first-order valence-corrected chi connectivity index (χ1v) is 10.5. The number of rotatable bonds is 4. The smallest absolute Gasteiger partial charge is 0.348 e. The van der Waals surface area contributed by atoms with Crippen LogP contribution < -0.4 is 20.7 Å². The minimum atomic E-state index is -1.20. The second-order valence-electron chi connectivity index (χ2n) is 7.79. The molecule has 0 unspecified atom stereocenters. The third kappa shape index (κ3) is 3.17. The molecule has 0 spiro atoms. The predicted molar refractivity (Wildman–Crippen MR) is 121 cm³/mol. The Hall–Kier alpha value is -4.07. The molecule has 0 amide bonds. The topological polar surface area (TPSA) is 97.0 Å². The molecule has 0 radical (unpaired) electrons. The maximum atomic E-state index is 13.5. The number of hydrogen-bond acceptors (Lipinski definition) is 7. The van der Waals surface area contributed by atoms with Crippen molar-refractivity contribution in [2.24, 2.45) is 7.05 Å². The van der Waals surface area contributed by atoms with Gasteiger partial charge in [0, 0.05) is 18.7 Å². The first-order chi connectivity index (χ1) is 15.9. The van der Waals surface area contributed by atoms with E-state index < -0.39 is 23.6 Å². The molecule has 0 saturated heterocycles. The van der Waals surface area contributed by atoms with Crippen LogP contribution in [0, 0.1) is 0 Å². The Morgan fingerprint density at radius 2 is 1.91 bits per heavy atom. The van der Waals surface area contributed by atoms with Gasteiger partial charge in [-0.05, 0) is 42.6 Å². The van der Waals surface area contributed by atoms with E-state index in [4.69, 9.17) is 18.6 Å². The Morgan fingerprint density at radius 3 is 2.67 bits per heavy atom. The molecule has 5 rings (SSSR count). The van der Waals surface area contributed by atoms with Gasteiger partial charge >= 0.3 is 11.6 Å². The van der Waals surface area contributed by atoms with E-state index in [2.05, 4.69) is 0 Å². The van der Waals surface area contributed by atoms with Gasteiger partial charge in [0.05, 0.1) is 36.1 Å². The average Bonchev–Trinajstić information content (AvgIpc) is 3.23. The largest absolute Gasteiger partial charge is 0.497 e. The van der Waals surface area contributed by atoms with Gasteiger partial charge in [0.1, 0.15) is 17.1 Å². The summed E-state index contributed by atoms with van der Waals surface area (Å²) < 4.78 is 23.5. The second kappa shape index (κ2) is 7.81. The molecule has 0 bridgehead atoms. The van der Waals surface area contributed by atoms with Crippen LogP contribution in [0.25, 0.3) is 21.9 Å². The van der Waals surface area contributed by atoms with Crippen LogP contribution in [0.2, 0.25) is 0 Å². The van der Waals surface area contributed by atoms with Crippen LogP contribution in [-0.2, 0) is 16.6 Å². The van der Waals surface area contributed by atoms with Gasteiger partial charge in [-0.15, -0.1) is 0 Å². The van der Waals surface area contributed by atoms with Gasteiger partial charge in [0.2, 0.25) is 6.10 Å². The summed E-state index contributed by atoms with van der Waals surface area (Å²) in [6.07, 6.45) is -1.20. The van der Waals surface area contributed by atoms with Crippen molar-refractivity contribution in [1.82, 2.24) is 4.57 Å². The summed E-state index contributed by atoms with van der Waals surface area (Å²) in [4.78, 5) is 39.4. The van der Waals surface area contributed by atoms with E-state index in [0.29, 0.717) is 22.2 Å². The molecule has 1 aliphatic heterocycles. The standard InChI is InChI=1S/C25H21NO7/c1-4-31-25(29)22-19(20-21(33-22)15-7-5-6-8-18(15)32-24(20)28)16-11-13-9-10-14(30-3)12-17(13)26(2)23(16)27/h5-12,19,22H,4H2,1-3H3/t19-,22-/m1/s1. The summed E-state index contributed by atoms with van der Waals surface area (Å²) >= 11 is 0. The van der Waals surface area contributed by atoms with Crippen LogP contribution in [-0.4, -0.2) is 30.4 Å². The zero-order valence-electron chi connectivity index (χ0n) is 18.3. The van der Waals surface area contributed by atoms with Gasteiger partial charge in [0.25, 0.3) is 5.56 Å². The predicted octanol–water partition coefficient (Wildman–Crippen LogP) is 3.11. The Morgan fingerprint density at radius 1 is 1.12 bits per heavy atom. The van der Waals surface area contributed by atoms with Crippen molar-refractivity contribution in [2.45, 2.75) is 18.9 Å². The van der Waals surface area contributed by atoms with E-state index in [0.717, 1.165) is 5.39 Å². The second-order valence-corrected chi connectivity index (χ2v) is 7.79. The van der Waals surface area contributed by atoms with E-state index in [9.17, 15) is 14.4 Å². The first-order valence-electron chi connectivity index (χ1n) is 10.5. The number of aryl methyl sites for hydroxylation is 1. The molecule has 33 heavy (non-hydrogen) atoms. The number of esters is 1. The summed E-state index contributed by atoms with van der Waals surface area (Å²) in [5.74, 6) is -0.790. The number of ether oxygens (including phenoxy) is 3. The molecule has 0 N–H and O–H groups in total. The SMILES string of the molecule is CCOC(=O)[C@@H]1Oc2c(c(=O)oc3ccccc23)[C@H]1c1cc2ccc(OC)cc2n(C)c1=O. The Bertz CT molecular complexity index is 1530. The van der Waals surface area contributed by atoms with Crippen molar-refractivity contribution in [2.75, 3.05) is 13.7 Å².